The number of hydrogen-bond donors (Lipinski definition) is 1. The fraction of sp³-hybridized carbons (Fsp3) is 0.333. The number of nitrogens with one attached hydrogen (secondary N) is 1. The van der Waals surface area contributed by atoms with Crippen molar-refractivity contribution in [3.63, 3.8) is 0 Å². The maximum absolute atomic E-state index is 11.9. The molecule has 0 aliphatic heterocycles. The molecule has 0 saturated heterocycles. The van der Waals surface area contributed by atoms with Crippen LogP contribution in [0.1, 0.15) is 17.3 Å². The van der Waals surface area contributed by atoms with Crippen molar-refractivity contribution in [2.45, 2.75) is 13.0 Å². The molecule has 0 spiro atoms. The van der Waals surface area contributed by atoms with Crippen molar-refractivity contribution in [1.29, 1.82) is 0 Å². The van der Waals surface area contributed by atoms with E-state index in [1.165, 1.54) is 33.3 Å². The Balaban J connectivity index is 2.94. The molecule has 1 rings (SSSR count). The van der Waals surface area contributed by atoms with Crippen molar-refractivity contribution in [3.05, 3.63) is 33.9 Å². The van der Waals surface area contributed by atoms with E-state index in [4.69, 9.17) is 4.74 Å². The summed E-state index contributed by atoms with van der Waals surface area (Å²) in [7, 11) is 2.47. The van der Waals surface area contributed by atoms with Crippen LogP contribution in [0.25, 0.3) is 0 Å². The van der Waals surface area contributed by atoms with E-state index in [2.05, 4.69) is 10.1 Å². The molecule has 0 aliphatic carbocycles. The first-order valence-corrected chi connectivity index (χ1v) is 5.61. The van der Waals surface area contributed by atoms with Crippen molar-refractivity contribution in [3.8, 4) is 5.75 Å². The SMILES string of the molecule is COC(=O)[C@H](C)NC(=O)c1ccc([N+](=O)[O-])c(OC)c1. The predicted octanol–water partition coefficient (Wildman–Crippen LogP) is 0.895. The molecule has 20 heavy (non-hydrogen) atoms. The molecule has 8 nitrogen and oxygen atoms in total. The third-order valence-electron chi connectivity index (χ3n) is 2.54. The number of nitro groups is 1. The number of hydrogen-bond acceptors (Lipinski definition) is 6. The lowest BCUT2D eigenvalue weighted by Gasteiger charge is -2.12. The Morgan fingerprint density at radius 3 is 2.50 bits per heavy atom. The number of carbonyl (C=O) groups is 2. The summed E-state index contributed by atoms with van der Waals surface area (Å²) in [4.78, 5) is 33.2. The zero-order valence-corrected chi connectivity index (χ0v) is 11.2. The second-order valence-corrected chi connectivity index (χ2v) is 3.86. The van der Waals surface area contributed by atoms with Crippen molar-refractivity contribution < 1.29 is 24.0 Å². The highest BCUT2D eigenvalue weighted by Crippen LogP contribution is 2.27. The van der Waals surface area contributed by atoms with Crippen LogP contribution in [0.15, 0.2) is 18.2 Å². The molecular weight excluding hydrogens is 268 g/mol. The Morgan fingerprint density at radius 2 is 2.00 bits per heavy atom. The smallest absolute Gasteiger partial charge is 0.328 e. The summed E-state index contributed by atoms with van der Waals surface area (Å²) in [6, 6.07) is 2.85. The van der Waals surface area contributed by atoms with Gasteiger partial charge in [0.1, 0.15) is 6.04 Å². The normalized spacial score (nSPS) is 11.3. The molecule has 8 heteroatoms. The summed E-state index contributed by atoms with van der Waals surface area (Å²) in [6.45, 7) is 1.46. The standard InChI is InChI=1S/C12H14N2O6/c1-7(12(16)20-3)13-11(15)8-4-5-9(14(17)18)10(6-8)19-2/h4-7H,1-3H3,(H,13,15)/t7-/m0/s1. The first-order chi connectivity index (χ1) is 9.40. The minimum Gasteiger partial charge on any atom is -0.490 e. The van der Waals surface area contributed by atoms with Gasteiger partial charge in [0.15, 0.2) is 5.75 Å². The fourth-order valence-corrected chi connectivity index (χ4v) is 1.49. The van der Waals surface area contributed by atoms with E-state index in [1.54, 1.807) is 0 Å². The average Bonchev–Trinajstić information content (AvgIpc) is 2.45. The van der Waals surface area contributed by atoms with Crippen LogP contribution < -0.4 is 10.1 Å². The third-order valence-corrected chi connectivity index (χ3v) is 2.54. The largest absolute Gasteiger partial charge is 0.490 e. The lowest BCUT2D eigenvalue weighted by Crippen LogP contribution is -2.39. The highest BCUT2D eigenvalue weighted by Gasteiger charge is 2.20. The summed E-state index contributed by atoms with van der Waals surface area (Å²) in [5, 5.41) is 13.1. The van der Waals surface area contributed by atoms with Gasteiger partial charge < -0.3 is 14.8 Å². The molecule has 0 unspecified atom stereocenters. The molecule has 0 aromatic heterocycles. The number of ether oxygens (including phenoxy) is 2. The molecule has 1 amide bonds. The first kappa shape index (κ1) is 15.4. The molecule has 0 heterocycles. The predicted molar refractivity (Wildman–Crippen MR) is 68.6 cm³/mol. The molecule has 0 aliphatic rings. The van der Waals surface area contributed by atoms with E-state index >= 15 is 0 Å². The van der Waals surface area contributed by atoms with Crippen LogP contribution >= 0.6 is 0 Å². The second kappa shape index (κ2) is 6.50. The van der Waals surface area contributed by atoms with E-state index in [0.717, 1.165) is 6.07 Å². The summed E-state index contributed by atoms with van der Waals surface area (Å²) in [5.41, 5.74) is -0.103. The highest BCUT2D eigenvalue weighted by molar-refractivity contribution is 5.97. The number of esters is 1. The van der Waals surface area contributed by atoms with Crippen LogP contribution in [0.3, 0.4) is 0 Å². The fourth-order valence-electron chi connectivity index (χ4n) is 1.49. The number of carbonyl (C=O) groups excluding carboxylic acids is 2. The Kier molecular flexibility index (Phi) is 5.01. The number of nitrogens with zero attached hydrogens (tertiary/aromatic N) is 1. The number of nitro benzene ring substituents is 1. The average molecular weight is 282 g/mol. The summed E-state index contributed by atoms with van der Waals surface area (Å²) < 4.78 is 9.33. The van der Waals surface area contributed by atoms with Gasteiger partial charge in [-0.25, -0.2) is 4.79 Å². The van der Waals surface area contributed by atoms with E-state index in [9.17, 15) is 19.7 Å². The van der Waals surface area contributed by atoms with Crippen LogP contribution in [-0.4, -0.2) is 37.1 Å². The van der Waals surface area contributed by atoms with Gasteiger partial charge in [-0.05, 0) is 13.0 Å². The van der Waals surface area contributed by atoms with Crippen molar-refractivity contribution in [2.75, 3.05) is 14.2 Å². The zero-order chi connectivity index (χ0) is 15.3. The van der Waals surface area contributed by atoms with E-state index in [0.29, 0.717) is 0 Å². The molecule has 108 valence electrons. The molecule has 0 fully saturated rings. The van der Waals surface area contributed by atoms with Gasteiger partial charge in [0, 0.05) is 17.7 Å². The Bertz CT molecular complexity index is 543. The van der Waals surface area contributed by atoms with E-state index in [1.807, 2.05) is 0 Å². The topological polar surface area (TPSA) is 108 Å². The van der Waals surface area contributed by atoms with Gasteiger partial charge in [0.05, 0.1) is 19.1 Å². The third kappa shape index (κ3) is 3.44. The van der Waals surface area contributed by atoms with E-state index < -0.39 is 22.8 Å². The lowest BCUT2D eigenvalue weighted by atomic mass is 10.1. The van der Waals surface area contributed by atoms with Crippen molar-refractivity contribution in [2.24, 2.45) is 0 Å². The van der Waals surface area contributed by atoms with Crippen molar-refractivity contribution >= 4 is 17.6 Å². The molecule has 0 radical (unpaired) electrons. The van der Waals surface area contributed by atoms with Crippen LogP contribution in [-0.2, 0) is 9.53 Å². The maximum atomic E-state index is 11.9. The molecule has 0 saturated carbocycles. The van der Waals surface area contributed by atoms with E-state index in [-0.39, 0.29) is 17.0 Å². The van der Waals surface area contributed by atoms with Gasteiger partial charge in [-0.3, -0.25) is 14.9 Å². The van der Waals surface area contributed by atoms with Crippen LogP contribution in [0, 0.1) is 10.1 Å². The van der Waals surface area contributed by atoms with Crippen molar-refractivity contribution in [1.82, 2.24) is 5.32 Å². The van der Waals surface area contributed by atoms with Crippen LogP contribution in [0.5, 0.6) is 5.75 Å². The summed E-state index contributed by atoms with van der Waals surface area (Å²) in [5.74, 6) is -1.18. The quantitative estimate of drug-likeness (QED) is 0.488. The number of amides is 1. The molecule has 1 N–H and O–H groups in total. The monoisotopic (exact) mass is 282 g/mol. The second-order valence-electron chi connectivity index (χ2n) is 3.86. The Hall–Kier alpha value is -2.64. The zero-order valence-electron chi connectivity index (χ0n) is 11.2. The number of benzene rings is 1. The number of rotatable bonds is 5. The van der Waals surface area contributed by atoms with Gasteiger partial charge in [0.2, 0.25) is 0 Å². The van der Waals surface area contributed by atoms with Gasteiger partial charge in [-0.2, -0.15) is 0 Å². The van der Waals surface area contributed by atoms with Gasteiger partial charge >= 0.3 is 11.7 Å². The highest BCUT2D eigenvalue weighted by atomic mass is 16.6. The minimum absolute atomic E-state index is 0.0339. The molecule has 0 bridgehead atoms. The van der Waals surface area contributed by atoms with Crippen LogP contribution in [0.4, 0.5) is 5.69 Å². The Morgan fingerprint density at radius 1 is 1.35 bits per heavy atom. The number of methoxy groups -OCH3 is 2. The maximum Gasteiger partial charge on any atom is 0.328 e. The van der Waals surface area contributed by atoms with Crippen LogP contribution in [0.2, 0.25) is 0 Å². The molecule has 1 aromatic rings. The minimum atomic E-state index is -0.825. The van der Waals surface area contributed by atoms with Gasteiger partial charge in [-0.15, -0.1) is 0 Å². The lowest BCUT2D eigenvalue weighted by molar-refractivity contribution is -0.385. The summed E-state index contributed by atoms with van der Waals surface area (Å²) >= 11 is 0. The van der Waals surface area contributed by atoms with Gasteiger partial charge in [-0.1, -0.05) is 0 Å². The summed E-state index contributed by atoms with van der Waals surface area (Å²) in [6.07, 6.45) is 0. The van der Waals surface area contributed by atoms with Gasteiger partial charge in [0.25, 0.3) is 5.91 Å². The first-order valence-electron chi connectivity index (χ1n) is 5.61. The molecule has 1 aromatic carbocycles. The molecular formula is C12H14N2O6. The Labute approximate surface area is 114 Å². The molecule has 1 atom stereocenters.